The molecule has 1 aliphatic heterocycles. The zero-order chi connectivity index (χ0) is 27.9. The van der Waals surface area contributed by atoms with Crippen LogP contribution in [0.15, 0.2) is 81.5 Å². The molecule has 0 aliphatic carbocycles. The Bertz CT molecular complexity index is 1040. The molecule has 0 amide bonds. The molecule has 2 rings (SSSR count). The van der Waals surface area contributed by atoms with E-state index in [9.17, 15) is 0 Å². The largest absolute Gasteiger partial charge is 0.453 e. The number of rotatable bonds is 14. The fourth-order valence-electron chi connectivity index (χ4n) is 3.85. The molecule has 1 saturated heterocycles. The summed E-state index contributed by atoms with van der Waals surface area (Å²) < 4.78 is 11.6. The summed E-state index contributed by atoms with van der Waals surface area (Å²) in [4.78, 5) is 6.32. The predicted octanol–water partition coefficient (Wildman–Crippen LogP) is 5.43. The van der Waals surface area contributed by atoms with Gasteiger partial charge in [0.1, 0.15) is 5.70 Å². The Kier molecular flexibility index (Phi) is 14.2. The number of benzene rings is 1. The summed E-state index contributed by atoms with van der Waals surface area (Å²) in [5, 5.41) is 18.7. The van der Waals surface area contributed by atoms with Gasteiger partial charge >= 0.3 is 0 Å². The fourth-order valence-corrected chi connectivity index (χ4v) is 4.95. The standard InChI is InChI=1S/C30H45N5O2S/c1-8-23(20-32-5)11-10-21(3)29(31)37-30(34-7)28(22(4)33-6)35-27(9-2)24-12-14-25(15-13-24)38-26-16-18-36-19-17-26/h8,10-15,26,30-34H,1,9,16-20H2,2-7H3/b21-10+,23-11+,28-22-,31-29?,35-27+. The molecule has 1 heterocycles. The third kappa shape index (κ3) is 9.91. The molecule has 1 aromatic rings. The number of thioether (sulfide) groups is 1. The van der Waals surface area contributed by atoms with Gasteiger partial charge in [0.2, 0.25) is 5.90 Å². The molecule has 208 valence electrons. The molecule has 0 saturated carbocycles. The van der Waals surface area contributed by atoms with Gasteiger partial charge in [-0.15, -0.1) is 11.8 Å². The Morgan fingerprint density at radius 3 is 2.42 bits per heavy atom. The highest BCUT2D eigenvalue weighted by atomic mass is 32.2. The van der Waals surface area contributed by atoms with Gasteiger partial charge in [0.05, 0.1) is 0 Å². The molecule has 1 unspecified atom stereocenters. The van der Waals surface area contributed by atoms with Crippen molar-refractivity contribution in [2.45, 2.75) is 56.4 Å². The van der Waals surface area contributed by atoms with Crippen molar-refractivity contribution >= 4 is 23.4 Å². The summed E-state index contributed by atoms with van der Waals surface area (Å²) in [6.45, 7) is 12.2. The first kappa shape index (κ1) is 31.6. The Labute approximate surface area is 233 Å². The van der Waals surface area contributed by atoms with E-state index < -0.39 is 6.23 Å². The average Bonchev–Trinajstić information content (AvgIpc) is 2.95. The number of hydrogen-bond acceptors (Lipinski definition) is 8. The van der Waals surface area contributed by atoms with Crippen LogP contribution < -0.4 is 16.0 Å². The molecule has 8 heteroatoms. The smallest absolute Gasteiger partial charge is 0.210 e. The van der Waals surface area contributed by atoms with Crippen LogP contribution in [0.25, 0.3) is 0 Å². The van der Waals surface area contributed by atoms with Crippen molar-refractivity contribution in [3.05, 3.63) is 77.2 Å². The first-order valence-electron chi connectivity index (χ1n) is 13.2. The highest BCUT2D eigenvalue weighted by molar-refractivity contribution is 8.00. The first-order chi connectivity index (χ1) is 18.4. The lowest BCUT2D eigenvalue weighted by Crippen LogP contribution is -2.34. The number of ether oxygens (including phenoxy) is 2. The van der Waals surface area contributed by atoms with Gasteiger partial charge in [0, 0.05) is 53.9 Å². The second-order valence-corrected chi connectivity index (χ2v) is 10.4. The maximum Gasteiger partial charge on any atom is 0.210 e. The van der Waals surface area contributed by atoms with Crippen LogP contribution in [0.5, 0.6) is 0 Å². The van der Waals surface area contributed by atoms with E-state index >= 15 is 0 Å². The van der Waals surface area contributed by atoms with Crippen molar-refractivity contribution in [2.75, 3.05) is 40.9 Å². The molecule has 1 aromatic carbocycles. The van der Waals surface area contributed by atoms with Crippen LogP contribution in [-0.2, 0) is 9.47 Å². The van der Waals surface area contributed by atoms with Crippen LogP contribution in [0, 0.1) is 5.41 Å². The van der Waals surface area contributed by atoms with Crippen LogP contribution >= 0.6 is 11.8 Å². The van der Waals surface area contributed by atoms with Crippen molar-refractivity contribution in [1.29, 1.82) is 5.41 Å². The summed E-state index contributed by atoms with van der Waals surface area (Å²) in [6, 6.07) is 8.66. The van der Waals surface area contributed by atoms with Gasteiger partial charge in [-0.2, -0.15) is 0 Å². The van der Waals surface area contributed by atoms with Crippen molar-refractivity contribution in [2.24, 2.45) is 4.99 Å². The number of hydrogen-bond donors (Lipinski definition) is 4. The molecular formula is C30H45N5O2S. The SMILES string of the molecule is C=C/C(=C\C=C(/C)C(=N)OC(NC)C(/N=C(\CC)c1ccc(SC2CCOCC2)cc1)=C(\C)NC)CNC. The van der Waals surface area contributed by atoms with Gasteiger partial charge in [0.15, 0.2) is 6.23 Å². The minimum absolute atomic E-state index is 0.0811. The molecule has 1 atom stereocenters. The summed E-state index contributed by atoms with van der Waals surface area (Å²) in [5.74, 6) is 0.0811. The molecule has 0 spiro atoms. The highest BCUT2D eigenvalue weighted by Gasteiger charge is 2.20. The van der Waals surface area contributed by atoms with Gasteiger partial charge in [-0.1, -0.05) is 43.9 Å². The van der Waals surface area contributed by atoms with Gasteiger partial charge in [-0.05, 0) is 70.5 Å². The molecule has 1 aliphatic rings. The van der Waals surface area contributed by atoms with Crippen molar-refractivity contribution in [3.8, 4) is 0 Å². The zero-order valence-electron chi connectivity index (χ0n) is 23.8. The molecule has 4 N–H and O–H groups in total. The van der Waals surface area contributed by atoms with Gasteiger partial charge < -0.3 is 20.1 Å². The van der Waals surface area contributed by atoms with E-state index in [-0.39, 0.29) is 5.90 Å². The van der Waals surface area contributed by atoms with Crippen LogP contribution in [0.4, 0.5) is 0 Å². The maximum atomic E-state index is 8.54. The molecule has 0 aromatic heterocycles. The van der Waals surface area contributed by atoms with E-state index in [0.29, 0.717) is 23.1 Å². The van der Waals surface area contributed by atoms with Gasteiger partial charge in [-0.25, -0.2) is 0 Å². The Morgan fingerprint density at radius 1 is 1.18 bits per heavy atom. The van der Waals surface area contributed by atoms with Crippen molar-refractivity contribution < 1.29 is 9.47 Å². The van der Waals surface area contributed by atoms with Gasteiger partial charge in [-0.3, -0.25) is 15.7 Å². The Morgan fingerprint density at radius 2 is 1.87 bits per heavy atom. The number of allylic oxidation sites excluding steroid dienone is 3. The molecule has 7 nitrogen and oxygen atoms in total. The number of nitrogens with one attached hydrogen (secondary N) is 4. The fraction of sp³-hybridized carbons (Fsp3) is 0.467. The lowest BCUT2D eigenvalue weighted by Gasteiger charge is -2.22. The van der Waals surface area contributed by atoms with Crippen LogP contribution in [0.3, 0.4) is 0 Å². The Balaban J connectivity index is 2.25. The predicted molar refractivity (Wildman–Crippen MR) is 162 cm³/mol. The number of aliphatic imine (C=N–C) groups is 1. The second-order valence-electron chi connectivity index (χ2n) is 9.07. The van der Waals surface area contributed by atoms with Crippen LogP contribution in [0.1, 0.15) is 45.6 Å². The number of nitrogens with zero attached hydrogens (tertiary/aromatic N) is 1. The summed E-state index contributed by atoms with van der Waals surface area (Å²) in [6.07, 6.45) is 7.99. The maximum absolute atomic E-state index is 8.54. The first-order valence-corrected chi connectivity index (χ1v) is 14.1. The third-order valence-electron chi connectivity index (χ3n) is 6.30. The molecule has 0 bridgehead atoms. The van der Waals surface area contributed by atoms with E-state index in [1.165, 1.54) is 4.90 Å². The van der Waals surface area contributed by atoms with E-state index in [1.54, 1.807) is 6.08 Å². The van der Waals surface area contributed by atoms with Crippen LogP contribution in [0.2, 0.25) is 0 Å². The minimum atomic E-state index is -0.594. The lowest BCUT2D eigenvalue weighted by atomic mass is 10.1. The van der Waals surface area contributed by atoms with E-state index in [4.69, 9.17) is 19.9 Å². The summed E-state index contributed by atoms with van der Waals surface area (Å²) in [7, 11) is 5.57. The van der Waals surface area contributed by atoms with Crippen LogP contribution in [-0.4, -0.2) is 64.0 Å². The van der Waals surface area contributed by atoms with E-state index in [1.807, 2.05) is 58.9 Å². The monoisotopic (exact) mass is 539 g/mol. The highest BCUT2D eigenvalue weighted by Crippen LogP contribution is 2.30. The third-order valence-corrected chi connectivity index (χ3v) is 7.65. The average molecular weight is 540 g/mol. The number of likely N-dealkylation sites (N-methyl/N-ethyl adjacent to an activating group) is 2. The summed E-state index contributed by atoms with van der Waals surface area (Å²) in [5.41, 5.74) is 5.37. The topological polar surface area (TPSA) is 90.8 Å². The quantitative estimate of drug-likeness (QED) is 0.109. The summed E-state index contributed by atoms with van der Waals surface area (Å²) >= 11 is 1.93. The van der Waals surface area contributed by atoms with E-state index in [0.717, 1.165) is 55.0 Å². The van der Waals surface area contributed by atoms with Gasteiger partial charge in [0.25, 0.3) is 0 Å². The molecule has 0 radical (unpaired) electrons. The van der Waals surface area contributed by atoms with E-state index in [2.05, 4.69) is 53.7 Å². The zero-order valence-corrected chi connectivity index (χ0v) is 24.6. The molecule has 38 heavy (non-hydrogen) atoms. The molecule has 1 fully saturated rings. The Hall–Kier alpha value is -2.65. The normalized spacial score (nSPS) is 17.1. The van der Waals surface area contributed by atoms with Crippen molar-refractivity contribution in [3.63, 3.8) is 0 Å². The second kappa shape index (κ2) is 17.0. The minimum Gasteiger partial charge on any atom is -0.453 e. The van der Waals surface area contributed by atoms with Crippen molar-refractivity contribution in [1.82, 2.24) is 16.0 Å². The molecular weight excluding hydrogens is 494 g/mol. The lowest BCUT2D eigenvalue weighted by molar-refractivity contribution is 0.100.